The molecule has 0 spiro atoms. The van der Waals surface area contributed by atoms with E-state index in [4.69, 9.17) is 11.6 Å². The molecule has 1 aliphatic rings. The van der Waals surface area contributed by atoms with Crippen LogP contribution in [-0.4, -0.2) is 73.1 Å². The smallest absolute Gasteiger partial charge is 0.281 e. The number of hydrogen-bond donors (Lipinski definition) is 0. The summed E-state index contributed by atoms with van der Waals surface area (Å²) in [5.74, 6) is -0.166. The average Bonchev–Trinajstić information content (AvgIpc) is 2.46. The lowest BCUT2D eigenvalue weighted by Gasteiger charge is -2.35. The van der Waals surface area contributed by atoms with Crippen LogP contribution in [0.4, 0.5) is 0 Å². The maximum absolute atomic E-state index is 12.3. The molecule has 0 atom stereocenters. The van der Waals surface area contributed by atoms with Crippen LogP contribution in [0.2, 0.25) is 5.15 Å². The first-order chi connectivity index (χ1) is 9.82. The summed E-state index contributed by atoms with van der Waals surface area (Å²) in [5.41, 5.74) is 0.457. The number of halogens is 1. The van der Waals surface area contributed by atoms with Crippen LogP contribution in [0, 0.1) is 0 Å². The molecule has 1 fully saturated rings. The van der Waals surface area contributed by atoms with Crippen molar-refractivity contribution >= 4 is 27.7 Å². The van der Waals surface area contributed by atoms with Crippen molar-refractivity contribution in [1.29, 1.82) is 0 Å². The normalized spacial score (nSPS) is 17.2. The number of piperazine rings is 1. The second-order valence-electron chi connectivity index (χ2n) is 4.85. The van der Waals surface area contributed by atoms with E-state index in [1.54, 1.807) is 11.0 Å². The Bertz CT molecular complexity index is 627. The molecule has 1 aromatic rings. The third-order valence-electron chi connectivity index (χ3n) is 3.29. The maximum atomic E-state index is 12.3. The Morgan fingerprint density at radius 2 is 1.90 bits per heavy atom. The van der Waals surface area contributed by atoms with Gasteiger partial charge in [0.2, 0.25) is 0 Å². The van der Waals surface area contributed by atoms with Gasteiger partial charge in [-0.05, 0) is 12.1 Å². The van der Waals surface area contributed by atoms with Crippen LogP contribution in [0.1, 0.15) is 10.4 Å². The van der Waals surface area contributed by atoms with Crippen molar-refractivity contribution in [2.45, 2.75) is 0 Å². The van der Waals surface area contributed by atoms with Crippen molar-refractivity contribution in [1.82, 2.24) is 18.5 Å². The van der Waals surface area contributed by atoms with E-state index in [1.807, 2.05) is 0 Å². The molecule has 0 radical (unpaired) electrons. The highest BCUT2D eigenvalue weighted by molar-refractivity contribution is 7.86. The molecule has 0 saturated carbocycles. The number of carbonyl (C=O) groups is 1. The van der Waals surface area contributed by atoms with E-state index in [2.05, 4.69) is 4.98 Å². The van der Waals surface area contributed by atoms with E-state index in [9.17, 15) is 13.2 Å². The molecule has 1 aromatic heterocycles. The number of rotatable bonds is 3. The lowest BCUT2D eigenvalue weighted by molar-refractivity contribution is 0.0695. The molecule has 0 unspecified atom stereocenters. The highest BCUT2D eigenvalue weighted by Gasteiger charge is 2.30. The standard InChI is InChI=1S/C12H17ClN4O3S/c1-15(2)21(19,20)17-7-5-16(6-8-17)12(18)10-3-4-14-11(13)9-10/h3-4,9H,5-8H2,1-2H3. The summed E-state index contributed by atoms with van der Waals surface area (Å²) in [5, 5.41) is 0.259. The molecule has 21 heavy (non-hydrogen) atoms. The van der Waals surface area contributed by atoms with Crippen molar-refractivity contribution in [3.05, 3.63) is 29.0 Å². The minimum Gasteiger partial charge on any atom is -0.336 e. The van der Waals surface area contributed by atoms with Gasteiger partial charge < -0.3 is 4.90 Å². The van der Waals surface area contributed by atoms with Gasteiger partial charge in [-0.15, -0.1) is 0 Å². The first-order valence-corrected chi connectivity index (χ1v) is 8.18. The molecule has 116 valence electrons. The summed E-state index contributed by atoms with van der Waals surface area (Å²) in [6.07, 6.45) is 1.47. The second kappa shape index (κ2) is 6.27. The zero-order valence-corrected chi connectivity index (χ0v) is 13.4. The van der Waals surface area contributed by atoms with Crippen molar-refractivity contribution in [2.24, 2.45) is 0 Å². The van der Waals surface area contributed by atoms with Gasteiger partial charge in [0.1, 0.15) is 5.15 Å². The molecule has 9 heteroatoms. The van der Waals surface area contributed by atoms with E-state index in [-0.39, 0.29) is 24.1 Å². The monoisotopic (exact) mass is 332 g/mol. The number of amides is 1. The van der Waals surface area contributed by atoms with Gasteiger partial charge in [0.15, 0.2) is 0 Å². The van der Waals surface area contributed by atoms with E-state index in [1.165, 1.54) is 35.0 Å². The second-order valence-corrected chi connectivity index (χ2v) is 7.38. The molecule has 2 heterocycles. The van der Waals surface area contributed by atoms with Crippen LogP contribution in [0.5, 0.6) is 0 Å². The molecule has 1 aliphatic heterocycles. The minimum absolute atomic E-state index is 0.166. The van der Waals surface area contributed by atoms with Crippen molar-refractivity contribution < 1.29 is 13.2 Å². The Labute approximate surface area is 129 Å². The number of hydrogen-bond acceptors (Lipinski definition) is 4. The molecule has 1 saturated heterocycles. The molecule has 0 aromatic carbocycles. The Morgan fingerprint density at radius 3 is 2.43 bits per heavy atom. The number of aromatic nitrogens is 1. The van der Waals surface area contributed by atoms with E-state index < -0.39 is 10.2 Å². The molecular formula is C12H17ClN4O3S. The fraction of sp³-hybridized carbons (Fsp3) is 0.500. The van der Waals surface area contributed by atoms with Crippen molar-refractivity contribution in [3.63, 3.8) is 0 Å². The van der Waals surface area contributed by atoms with Gasteiger partial charge in [-0.1, -0.05) is 11.6 Å². The predicted octanol–water partition coefficient (Wildman–Crippen LogP) is 0.299. The molecule has 1 amide bonds. The summed E-state index contributed by atoms with van der Waals surface area (Å²) in [4.78, 5) is 17.8. The largest absolute Gasteiger partial charge is 0.336 e. The van der Waals surface area contributed by atoms with Gasteiger partial charge >= 0.3 is 0 Å². The third kappa shape index (κ3) is 3.52. The number of carbonyl (C=O) groups excluding carboxylic acids is 1. The first-order valence-electron chi connectivity index (χ1n) is 6.41. The Balaban J connectivity index is 2.03. The topological polar surface area (TPSA) is 73.8 Å². The van der Waals surface area contributed by atoms with E-state index in [0.717, 1.165) is 0 Å². The molecular weight excluding hydrogens is 316 g/mol. The molecule has 0 bridgehead atoms. The van der Waals surface area contributed by atoms with Gasteiger partial charge in [-0.2, -0.15) is 17.0 Å². The van der Waals surface area contributed by atoms with Gasteiger partial charge in [0.05, 0.1) is 0 Å². The van der Waals surface area contributed by atoms with E-state index in [0.29, 0.717) is 18.7 Å². The minimum atomic E-state index is -3.42. The lowest BCUT2D eigenvalue weighted by Crippen LogP contribution is -2.53. The van der Waals surface area contributed by atoms with Crippen LogP contribution in [-0.2, 0) is 10.2 Å². The maximum Gasteiger partial charge on any atom is 0.281 e. The highest BCUT2D eigenvalue weighted by Crippen LogP contribution is 2.14. The molecule has 0 N–H and O–H groups in total. The summed E-state index contributed by atoms with van der Waals surface area (Å²) < 4.78 is 26.5. The van der Waals surface area contributed by atoms with Crippen LogP contribution in [0.3, 0.4) is 0 Å². The molecule has 0 aliphatic carbocycles. The first kappa shape index (κ1) is 16.2. The Morgan fingerprint density at radius 1 is 1.29 bits per heavy atom. The number of pyridine rings is 1. The van der Waals surface area contributed by atoms with Gasteiger partial charge in [-0.3, -0.25) is 4.79 Å². The molecule has 7 nitrogen and oxygen atoms in total. The fourth-order valence-corrected chi connectivity index (χ4v) is 3.33. The predicted molar refractivity (Wildman–Crippen MR) is 79.3 cm³/mol. The highest BCUT2D eigenvalue weighted by atomic mass is 35.5. The Kier molecular flexibility index (Phi) is 4.82. The van der Waals surface area contributed by atoms with Crippen LogP contribution < -0.4 is 0 Å². The SMILES string of the molecule is CN(C)S(=O)(=O)N1CCN(C(=O)c2ccnc(Cl)c2)CC1. The summed E-state index contributed by atoms with van der Waals surface area (Å²) >= 11 is 5.77. The third-order valence-corrected chi connectivity index (χ3v) is 5.43. The van der Waals surface area contributed by atoms with Gasteiger partial charge in [0.25, 0.3) is 16.1 Å². The Hall–Kier alpha value is -1.22. The lowest BCUT2D eigenvalue weighted by atomic mass is 10.2. The van der Waals surface area contributed by atoms with E-state index >= 15 is 0 Å². The van der Waals surface area contributed by atoms with Crippen LogP contribution in [0.25, 0.3) is 0 Å². The molecule has 2 rings (SSSR count). The zero-order valence-electron chi connectivity index (χ0n) is 11.9. The van der Waals surface area contributed by atoms with Gasteiger partial charge in [-0.25, -0.2) is 4.98 Å². The van der Waals surface area contributed by atoms with Crippen LogP contribution >= 0.6 is 11.6 Å². The van der Waals surface area contributed by atoms with Crippen LogP contribution in [0.15, 0.2) is 18.3 Å². The van der Waals surface area contributed by atoms with Gasteiger partial charge in [0, 0.05) is 52.0 Å². The average molecular weight is 333 g/mol. The van der Waals surface area contributed by atoms with Crippen molar-refractivity contribution in [3.8, 4) is 0 Å². The summed E-state index contributed by atoms with van der Waals surface area (Å²) in [6.45, 7) is 1.27. The number of nitrogens with zero attached hydrogens (tertiary/aromatic N) is 4. The summed E-state index contributed by atoms with van der Waals surface area (Å²) in [7, 11) is -0.439. The quantitative estimate of drug-likeness (QED) is 0.746. The zero-order chi connectivity index (χ0) is 15.6. The van der Waals surface area contributed by atoms with Crippen molar-refractivity contribution in [2.75, 3.05) is 40.3 Å². The fourth-order valence-electron chi connectivity index (χ4n) is 2.07. The summed E-state index contributed by atoms with van der Waals surface area (Å²) in [6, 6.07) is 3.10.